The molecule has 1 heterocycles. The predicted molar refractivity (Wildman–Crippen MR) is 212 cm³/mol. The highest BCUT2D eigenvalue weighted by Crippen LogP contribution is 2.45. The minimum absolute atomic E-state index is 1.12. The van der Waals surface area contributed by atoms with Gasteiger partial charge in [0.2, 0.25) is 0 Å². The van der Waals surface area contributed by atoms with Crippen molar-refractivity contribution in [1.29, 1.82) is 0 Å². The average molecular weight is 645 g/mol. The summed E-state index contributed by atoms with van der Waals surface area (Å²) >= 11 is 1.86. The molecule has 3 heteroatoms. The molecule has 0 amide bonds. The van der Waals surface area contributed by atoms with Gasteiger partial charge in [0.1, 0.15) is 0 Å². The molecule has 0 saturated carbocycles. The zero-order chi connectivity index (χ0) is 32.6. The number of rotatable bonds is 7. The molecule has 8 aromatic carbocycles. The first-order valence-corrected chi connectivity index (χ1v) is 17.4. The van der Waals surface area contributed by atoms with E-state index >= 15 is 0 Å². The zero-order valence-corrected chi connectivity index (χ0v) is 27.6. The van der Waals surface area contributed by atoms with Crippen molar-refractivity contribution in [1.82, 2.24) is 0 Å². The molecule has 0 radical (unpaired) electrons. The number of para-hydroxylation sites is 2. The second-order valence-electron chi connectivity index (χ2n) is 12.2. The Morgan fingerprint density at radius 3 is 1.41 bits per heavy atom. The van der Waals surface area contributed by atoms with Crippen LogP contribution in [0.15, 0.2) is 194 Å². The lowest BCUT2D eigenvalue weighted by atomic mass is 10.0. The number of anilines is 6. The second kappa shape index (κ2) is 12.5. The van der Waals surface area contributed by atoms with Gasteiger partial charge < -0.3 is 9.80 Å². The van der Waals surface area contributed by atoms with Crippen LogP contribution >= 0.6 is 11.3 Å². The van der Waals surface area contributed by atoms with Gasteiger partial charge in [-0.25, -0.2) is 0 Å². The van der Waals surface area contributed by atoms with Crippen LogP contribution in [-0.2, 0) is 0 Å². The van der Waals surface area contributed by atoms with Crippen LogP contribution in [0.25, 0.3) is 42.1 Å². The van der Waals surface area contributed by atoms with E-state index in [9.17, 15) is 0 Å². The summed E-state index contributed by atoms with van der Waals surface area (Å²) in [6.07, 6.45) is 0. The minimum Gasteiger partial charge on any atom is -0.310 e. The number of benzene rings is 8. The summed E-state index contributed by atoms with van der Waals surface area (Å²) in [6.45, 7) is 0. The SMILES string of the molecule is c1ccc(N(c2ccc(-c3ccc(N(c4ccccc4)c4cccc5c4sc4ccccc45)cc3)cc2)c2cccc3ccccc23)cc1. The molecule has 0 aliphatic heterocycles. The molecule has 0 fully saturated rings. The summed E-state index contributed by atoms with van der Waals surface area (Å²) in [4.78, 5) is 4.73. The molecule has 0 atom stereocenters. The summed E-state index contributed by atoms with van der Waals surface area (Å²) in [5, 5.41) is 5.06. The first-order valence-electron chi connectivity index (χ1n) is 16.6. The van der Waals surface area contributed by atoms with Crippen molar-refractivity contribution in [2.45, 2.75) is 0 Å². The Hall–Kier alpha value is -6.16. The molecule has 0 saturated heterocycles. The third kappa shape index (κ3) is 5.31. The third-order valence-electron chi connectivity index (χ3n) is 9.25. The fraction of sp³-hybridized carbons (Fsp3) is 0. The predicted octanol–water partition coefficient (Wildman–Crippen LogP) is 13.8. The van der Waals surface area contributed by atoms with Gasteiger partial charge in [0.05, 0.1) is 16.1 Å². The van der Waals surface area contributed by atoms with E-state index in [1.54, 1.807) is 0 Å². The smallest absolute Gasteiger partial charge is 0.0640 e. The molecular weight excluding hydrogens is 613 g/mol. The molecular formula is C46H32N2S. The maximum Gasteiger partial charge on any atom is 0.0640 e. The first-order chi connectivity index (χ1) is 24.3. The Bertz CT molecular complexity index is 2530. The monoisotopic (exact) mass is 644 g/mol. The molecule has 0 N–H and O–H groups in total. The van der Waals surface area contributed by atoms with E-state index in [0.29, 0.717) is 0 Å². The lowest BCUT2D eigenvalue weighted by Crippen LogP contribution is -2.10. The minimum atomic E-state index is 1.12. The quantitative estimate of drug-likeness (QED) is 0.170. The highest BCUT2D eigenvalue weighted by atomic mass is 32.1. The Morgan fingerprint density at radius 1 is 0.306 bits per heavy atom. The molecule has 2 nitrogen and oxygen atoms in total. The van der Waals surface area contributed by atoms with Crippen molar-refractivity contribution in [3.63, 3.8) is 0 Å². The fourth-order valence-corrected chi connectivity index (χ4v) is 8.13. The summed E-state index contributed by atoms with van der Waals surface area (Å²) in [7, 11) is 0. The van der Waals surface area contributed by atoms with Crippen molar-refractivity contribution in [3.05, 3.63) is 194 Å². The molecule has 9 aromatic rings. The molecule has 0 bridgehead atoms. The van der Waals surface area contributed by atoms with Crippen LogP contribution in [0.3, 0.4) is 0 Å². The van der Waals surface area contributed by atoms with Gasteiger partial charge in [-0.15, -0.1) is 11.3 Å². The number of hydrogen-bond acceptors (Lipinski definition) is 3. The van der Waals surface area contributed by atoms with Gasteiger partial charge in [0.25, 0.3) is 0 Å². The largest absolute Gasteiger partial charge is 0.310 e. The van der Waals surface area contributed by atoms with Gasteiger partial charge >= 0.3 is 0 Å². The van der Waals surface area contributed by atoms with E-state index in [-0.39, 0.29) is 0 Å². The zero-order valence-electron chi connectivity index (χ0n) is 26.8. The van der Waals surface area contributed by atoms with Crippen molar-refractivity contribution >= 4 is 76.4 Å². The third-order valence-corrected chi connectivity index (χ3v) is 10.5. The highest BCUT2D eigenvalue weighted by Gasteiger charge is 2.19. The van der Waals surface area contributed by atoms with Crippen molar-refractivity contribution in [2.24, 2.45) is 0 Å². The molecule has 9 rings (SSSR count). The van der Waals surface area contributed by atoms with Crippen LogP contribution in [-0.4, -0.2) is 0 Å². The van der Waals surface area contributed by atoms with Crippen molar-refractivity contribution in [2.75, 3.05) is 9.80 Å². The van der Waals surface area contributed by atoms with E-state index in [1.807, 2.05) is 11.3 Å². The normalized spacial score (nSPS) is 11.3. The Kier molecular flexibility index (Phi) is 7.38. The Labute approximate surface area is 290 Å². The molecule has 0 unspecified atom stereocenters. The van der Waals surface area contributed by atoms with Crippen molar-refractivity contribution < 1.29 is 0 Å². The molecule has 0 spiro atoms. The van der Waals surface area contributed by atoms with E-state index in [4.69, 9.17) is 0 Å². The standard InChI is InChI=1S/C46H32N2S/c1-3-15-36(16-4-1)47(43-22-11-14-35-13-7-8-19-40(35)43)38-29-25-33(26-30-38)34-27-31-39(32-28-34)48(37-17-5-2-6-18-37)44-23-12-21-42-41-20-9-10-24-45(41)49-46(42)44/h1-32H. The van der Waals surface area contributed by atoms with E-state index < -0.39 is 0 Å². The maximum absolute atomic E-state index is 2.38. The molecule has 1 aromatic heterocycles. The topological polar surface area (TPSA) is 6.48 Å². The maximum atomic E-state index is 2.38. The fourth-order valence-electron chi connectivity index (χ4n) is 6.93. The van der Waals surface area contributed by atoms with E-state index in [1.165, 1.54) is 47.8 Å². The van der Waals surface area contributed by atoms with E-state index in [2.05, 4.69) is 204 Å². The number of nitrogens with zero attached hydrogens (tertiary/aromatic N) is 2. The number of hydrogen-bond donors (Lipinski definition) is 0. The Morgan fingerprint density at radius 2 is 0.755 bits per heavy atom. The van der Waals surface area contributed by atoms with Gasteiger partial charge in [-0.2, -0.15) is 0 Å². The highest BCUT2D eigenvalue weighted by molar-refractivity contribution is 7.26. The average Bonchev–Trinajstić information content (AvgIpc) is 3.56. The molecule has 232 valence electrons. The first kappa shape index (κ1) is 29.0. The van der Waals surface area contributed by atoms with Crippen LogP contribution in [0, 0.1) is 0 Å². The lowest BCUT2D eigenvalue weighted by Gasteiger charge is -2.27. The molecule has 49 heavy (non-hydrogen) atoms. The van der Waals surface area contributed by atoms with E-state index in [0.717, 1.165) is 28.4 Å². The van der Waals surface area contributed by atoms with Crippen LogP contribution in [0.5, 0.6) is 0 Å². The van der Waals surface area contributed by atoms with Gasteiger partial charge in [-0.05, 0) is 83.2 Å². The Balaban J connectivity index is 1.09. The van der Waals surface area contributed by atoms with Crippen molar-refractivity contribution in [3.8, 4) is 11.1 Å². The van der Waals surface area contributed by atoms with Crippen LogP contribution < -0.4 is 9.80 Å². The summed E-state index contributed by atoms with van der Waals surface area (Å²) in [6, 6.07) is 69.7. The van der Waals surface area contributed by atoms with Crippen LogP contribution in [0.1, 0.15) is 0 Å². The molecule has 0 aliphatic carbocycles. The van der Waals surface area contributed by atoms with Gasteiger partial charge in [-0.1, -0.05) is 127 Å². The summed E-state index contributed by atoms with van der Waals surface area (Å²) < 4.78 is 2.60. The summed E-state index contributed by atoms with van der Waals surface area (Å²) in [5.74, 6) is 0. The van der Waals surface area contributed by atoms with Gasteiger partial charge in [0, 0.05) is 43.6 Å². The lowest BCUT2D eigenvalue weighted by molar-refractivity contribution is 1.29. The number of fused-ring (bicyclic) bond motifs is 4. The number of thiophene rings is 1. The summed E-state index contributed by atoms with van der Waals surface area (Å²) in [5.41, 5.74) is 9.23. The van der Waals surface area contributed by atoms with Gasteiger partial charge in [0.15, 0.2) is 0 Å². The van der Waals surface area contributed by atoms with Gasteiger partial charge in [-0.3, -0.25) is 0 Å². The molecule has 0 aliphatic rings. The van der Waals surface area contributed by atoms with Crippen LogP contribution in [0.4, 0.5) is 34.1 Å². The van der Waals surface area contributed by atoms with Crippen LogP contribution in [0.2, 0.25) is 0 Å². The second-order valence-corrected chi connectivity index (χ2v) is 13.2.